The van der Waals surface area contributed by atoms with Crippen LogP contribution in [-0.2, 0) is 25.8 Å². The average Bonchev–Trinajstić information content (AvgIpc) is 2.68. The van der Waals surface area contributed by atoms with Crippen molar-refractivity contribution in [3.05, 3.63) is 66.2 Å². The van der Waals surface area contributed by atoms with Gasteiger partial charge in [-0.3, -0.25) is 0 Å². The summed E-state index contributed by atoms with van der Waals surface area (Å²) in [6.07, 6.45) is 0. The molecule has 0 heterocycles. The van der Waals surface area contributed by atoms with E-state index in [0.29, 0.717) is 0 Å². The van der Waals surface area contributed by atoms with Gasteiger partial charge in [-0.15, -0.1) is 54.5 Å². The van der Waals surface area contributed by atoms with Crippen molar-refractivity contribution < 1.29 is 25.8 Å². The normalized spacial score (nSPS) is 10.9. The fourth-order valence-electron chi connectivity index (χ4n) is 2.20. The number of rotatable bonds is 2. The van der Waals surface area contributed by atoms with Gasteiger partial charge in [0.15, 0.2) is 0 Å². The van der Waals surface area contributed by atoms with Crippen LogP contribution in [0.3, 0.4) is 0 Å². The number of hydrogen-bond donors (Lipinski definition) is 0. The van der Waals surface area contributed by atoms with Crippen molar-refractivity contribution in [2.75, 3.05) is 0 Å². The summed E-state index contributed by atoms with van der Waals surface area (Å²) in [5.41, 5.74) is 1.41. The smallest absolute Gasteiger partial charge is 0 e. The molecule has 0 bridgehead atoms. The standard InChI is InChI=1S/C16H14P.Hf/c1-12-11-13-7-5-6-10-15(13)16(12)17-14-8-3-2-4-9-14;/h2-11,17H,1H3;/q-1;. The second kappa shape index (κ2) is 5.99. The largest absolute Gasteiger partial charge is 0.149 e. The van der Waals surface area contributed by atoms with Crippen LogP contribution in [0.5, 0.6) is 0 Å². The van der Waals surface area contributed by atoms with Crippen LogP contribution < -0.4 is 10.6 Å². The van der Waals surface area contributed by atoms with Crippen molar-refractivity contribution in [2.45, 2.75) is 6.92 Å². The minimum atomic E-state index is 0. The van der Waals surface area contributed by atoms with E-state index in [2.05, 4.69) is 67.6 Å². The molecule has 0 spiro atoms. The first-order valence-electron chi connectivity index (χ1n) is 5.82. The summed E-state index contributed by atoms with van der Waals surface area (Å²) < 4.78 is 0. The van der Waals surface area contributed by atoms with Crippen molar-refractivity contribution >= 4 is 30.0 Å². The van der Waals surface area contributed by atoms with Gasteiger partial charge < -0.3 is 0 Å². The number of hydrogen-bond acceptors (Lipinski definition) is 0. The Kier molecular flexibility index (Phi) is 4.59. The summed E-state index contributed by atoms with van der Waals surface area (Å²) in [4.78, 5) is 0. The first kappa shape index (κ1) is 13.8. The molecule has 0 aliphatic heterocycles. The maximum absolute atomic E-state index is 2.29. The van der Waals surface area contributed by atoms with Crippen molar-refractivity contribution in [3.63, 3.8) is 0 Å². The number of aryl methyl sites for hydroxylation is 1. The first-order chi connectivity index (χ1) is 8.34. The SMILES string of the molecule is Cc1[cH-]c2ccccc2c1Pc1ccccc1.[Hf]. The first-order valence-corrected chi connectivity index (χ1v) is 6.82. The summed E-state index contributed by atoms with van der Waals surface area (Å²) in [5.74, 6) is 0. The summed E-state index contributed by atoms with van der Waals surface area (Å²) >= 11 is 0. The molecule has 0 aliphatic carbocycles. The van der Waals surface area contributed by atoms with Crippen LogP contribution >= 0.6 is 8.58 Å². The zero-order valence-corrected chi connectivity index (χ0v) is 14.9. The van der Waals surface area contributed by atoms with Gasteiger partial charge in [0.2, 0.25) is 0 Å². The average molecular weight is 416 g/mol. The predicted octanol–water partition coefficient (Wildman–Crippen LogP) is 3.49. The Labute approximate surface area is 128 Å². The maximum Gasteiger partial charge on any atom is 0 e. The van der Waals surface area contributed by atoms with E-state index in [1.54, 1.807) is 0 Å². The predicted molar refractivity (Wildman–Crippen MR) is 78.3 cm³/mol. The summed E-state index contributed by atoms with van der Waals surface area (Å²) in [6.45, 7) is 2.21. The van der Waals surface area contributed by atoms with Crippen LogP contribution in [-0.4, -0.2) is 0 Å². The van der Waals surface area contributed by atoms with Crippen molar-refractivity contribution in [3.8, 4) is 0 Å². The maximum atomic E-state index is 2.29. The van der Waals surface area contributed by atoms with Crippen molar-refractivity contribution in [1.29, 1.82) is 0 Å². The minimum Gasteiger partial charge on any atom is -0.149 e. The third kappa shape index (κ3) is 2.68. The van der Waals surface area contributed by atoms with E-state index in [9.17, 15) is 0 Å². The topological polar surface area (TPSA) is 0 Å². The monoisotopic (exact) mass is 417 g/mol. The van der Waals surface area contributed by atoms with E-state index in [1.807, 2.05) is 0 Å². The van der Waals surface area contributed by atoms with Gasteiger partial charge in [-0.1, -0.05) is 43.3 Å². The summed E-state index contributed by atoms with van der Waals surface area (Å²) in [5, 5.41) is 5.68. The van der Waals surface area contributed by atoms with Crippen molar-refractivity contribution in [2.24, 2.45) is 0 Å². The second-order valence-electron chi connectivity index (χ2n) is 4.28. The number of benzene rings is 2. The fraction of sp³-hybridized carbons (Fsp3) is 0.0625. The molecule has 88 valence electrons. The molecule has 3 aromatic rings. The van der Waals surface area contributed by atoms with Crippen LogP contribution in [0.25, 0.3) is 10.8 Å². The molecule has 0 aromatic heterocycles. The second-order valence-corrected chi connectivity index (χ2v) is 5.61. The van der Waals surface area contributed by atoms with Gasteiger partial charge in [0.05, 0.1) is 0 Å². The Balaban J connectivity index is 0.00000120. The van der Waals surface area contributed by atoms with E-state index in [-0.39, 0.29) is 25.8 Å². The Morgan fingerprint density at radius 1 is 0.889 bits per heavy atom. The molecule has 3 rings (SSSR count). The molecular weight excluding hydrogens is 402 g/mol. The van der Waals surface area contributed by atoms with Gasteiger partial charge in [-0.05, 0) is 5.30 Å². The van der Waals surface area contributed by atoms with Gasteiger partial charge in [-0.25, -0.2) is 0 Å². The molecule has 0 amide bonds. The molecule has 3 aromatic carbocycles. The van der Waals surface area contributed by atoms with E-state index in [1.165, 1.54) is 26.9 Å². The van der Waals surface area contributed by atoms with Crippen LogP contribution in [0, 0.1) is 6.92 Å². The Bertz CT molecular complexity index is 641. The third-order valence-electron chi connectivity index (χ3n) is 3.04. The Hall–Kier alpha value is -0.650. The summed E-state index contributed by atoms with van der Waals surface area (Å²) in [7, 11) is 0.754. The molecule has 0 radical (unpaired) electrons. The van der Waals surface area contributed by atoms with E-state index >= 15 is 0 Å². The van der Waals surface area contributed by atoms with Crippen molar-refractivity contribution in [1.82, 2.24) is 0 Å². The van der Waals surface area contributed by atoms with Gasteiger partial charge in [0.1, 0.15) is 0 Å². The fourth-order valence-corrected chi connectivity index (χ4v) is 3.48. The van der Waals surface area contributed by atoms with E-state index < -0.39 is 0 Å². The van der Waals surface area contributed by atoms with E-state index in [4.69, 9.17) is 0 Å². The molecule has 0 nitrogen and oxygen atoms in total. The van der Waals surface area contributed by atoms with E-state index in [0.717, 1.165) is 8.58 Å². The third-order valence-corrected chi connectivity index (χ3v) is 4.58. The molecule has 0 aliphatic rings. The molecular formula is C16H14HfP-. The quantitative estimate of drug-likeness (QED) is 0.341. The molecule has 18 heavy (non-hydrogen) atoms. The van der Waals surface area contributed by atoms with Crippen LogP contribution in [0.2, 0.25) is 0 Å². The molecule has 0 fully saturated rings. The molecule has 2 heteroatoms. The molecule has 0 saturated carbocycles. The van der Waals surface area contributed by atoms with Gasteiger partial charge in [0.25, 0.3) is 0 Å². The van der Waals surface area contributed by atoms with Crippen LogP contribution in [0.4, 0.5) is 0 Å². The Morgan fingerprint density at radius 3 is 2.33 bits per heavy atom. The van der Waals surface area contributed by atoms with Gasteiger partial charge in [-0.2, -0.15) is 0 Å². The van der Waals surface area contributed by atoms with Gasteiger partial charge in [0, 0.05) is 25.8 Å². The Morgan fingerprint density at radius 2 is 1.56 bits per heavy atom. The number of fused-ring (bicyclic) bond motifs is 1. The summed E-state index contributed by atoms with van der Waals surface area (Å²) in [6, 6.07) is 21.7. The van der Waals surface area contributed by atoms with Crippen LogP contribution in [0.1, 0.15) is 5.56 Å². The van der Waals surface area contributed by atoms with Gasteiger partial charge >= 0.3 is 0 Å². The molecule has 1 atom stereocenters. The zero-order valence-electron chi connectivity index (χ0n) is 10.3. The molecule has 0 saturated heterocycles. The van der Waals surface area contributed by atoms with Crippen LogP contribution in [0.15, 0.2) is 60.7 Å². The molecule has 1 unspecified atom stereocenters. The zero-order chi connectivity index (χ0) is 11.7. The minimum absolute atomic E-state index is 0. The molecule has 0 N–H and O–H groups in total.